The van der Waals surface area contributed by atoms with E-state index in [2.05, 4.69) is 27.2 Å². The molecule has 0 radical (unpaired) electrons. The van der Waals surface area contributed by atoms with Crippen molar-refractivity contribution in [1.82, 2.24) is 0 Å². The van der Waals surface area contributed by atoms with Crippen LogP contribution in [0.15, 0.2) is 16.6 Å². The first-order valence-electron chi connectivity index (χ1n) is 3.92. The Bertz CT molecular complexity index is 417. The van der Waals surface area contributed by atoms with Gasteiger partial charge in [0.05, 0.1) is 6.42 Å². The largest absolute Gasteiger partial charge is 0.320 e. The maximum atomic E-state index is 13.2. The zero-order chi connectivity index (χ0) is 11.4. The van der Waals surface area contributed by atoms with Crippen molar-refractivity contribution in [3.63, 3.8) is 0 Å². The average molecular weight is 274 g/mol. The number of benzene rings is 1. The number of amides is 1. The molecule has 1 rings (SSSR count). The number of halogens is 3. The van der Waals surface area contributed by atoms with Gasteiger partial charge in [-0.3, -0.25) is 4.79 Å². The summed E-state index contributed by atoms with van der Waals surface area (Å²) in [6.45, 7) is 0. The van der Waals surface area contributed by atoms with Crippen LogP contribution in [0.5, 0.6) is 0 Å². The molecule has 15 heavy (non-hydrogen) atoms. The second-order valence-corrected chi connectivity index (χ2v) is 3.59. The Hall–Kier alpha value is -1.41. The van der Waals surface area contributed by atoms with Crippen LogP contribution in [0.4, 0.5) is 14.5 Å². The minimum Gasteiger partial charge on any atom is -0.320 e. The van der Waals surface area contributed by atoms with Crippen LogP contribution in [0.1, 0.15) is 6.42 Å². The molecule has 0 aliphatic carbocycles. The summed E-state index contributed by atoms with van der Waals surface area (Å²) in [4.78, 5) is 11.0. The predicted molar refractivity (Wildman–Crippen MR) is 56.1 cm³/mol. The van der Waals surface area contributed by atoms with Gasteiger partial charge in [0, 0.05) is 4.47 Å². The summed E-state index contributed by atoms with van der Waals surface area (Å²) in [5.41, 5.74) is -0.488. The summed E-state index contributed by atoms with van der Waals surface area (Å²) in [7, 11) is 0. The van der Waals surface area contributed by atoms with E-state index in [4.69, 9.17) is 6.42 Å². The smallest absolute Gasteiger partial charge is 0.236 e. The third-order valence-electron chi connectivity index (χ3n) is 1.53. The van der Waals surface area contributed by atoms with Crippen molar-refractivity contribution < 1.29 is 13.6 Å². The number of terminal acetylenes is 1. The fourth-order valence-corrected chi connectivity index (χ4v) is 1.34. The van der Waals surface area contributed by atoms with Crippen LogP contribution in [0, 0.1) is 24.0 Å². The van der Waals surface area contributed by atoms with Gasteiger partial charge in [0.15, 0.2) is 11.6 Å². The van der Waals surface area contributed by atoms with E-state index < -0.39 is 23.2 Å². The van der Waals surface area contributed by atoms with Gasteiger partial charge >= 0.3 is 0 Å². The number of carbonyl (C=O) groups excluding carboxylic acids is 1. The minimum atomic E-state index is -0.854. The van der Waals surface area contributed by atoms with Gasteiger partial charge in [-0.1, -0.05) is 21.9 Å². The van der Waals surface area contributed by atoms with E-state index in [1.807, 2.05) is 0 Å². The molecule has 0 atom stereocenters. The lowest BCUT2D eigenvalue weighted by Crippen LogP contribution is -2.12. The SMILES string of the molecule is C#CCC(=O)Nc1c(F)cc(Br)cc1F. The highest BCUT2D eigenvalue weighted by molar-refractivity contribution is 9.10. The lowest BCUT2D eigenvalue weighted by molar-refractivity contribution is -0.115. The van der Waals surface area contributed by atoms with Gasteiger partial charge in [0.1, 0.15) is 5.69 Å². The molecule has 0 saturated carbocycles. The quantitative estimate of drug-likeness (QED) is 0.825. The Kier molecular flexibility index (Phi) is 3.81. The standard InChI is InChI=1S/C10H6BrF2NO/c1-2-3-9(15)14-10-7(12)4-6(11)5-8(10)13/h1,4-5H,3H2,(H,14,15). The third-order valence-corrected chi connectivity index (χ3v) is 1.99. The Morgan fingerprint density at radius 3 is 2.47 bits per heavy atom. The fourth-order valence-electron chi connectivity index (χ4n) is 0.938. The van der Waals surface area contributed by atoms with Gasteiger partial charge in [-0.05, 0) is 12.1 Å². The monoisotopic (exact) mass is 273 g/mol. The first-order chi connectivity index (χ1) is 7.04. The number of nitrogens with one attached hydrogen (secondary N) is 1. The van der Waals surface area contributed by atoms with Gasteiger partial charge in [0.25, 0.3) is 0 Å². The number of anilines is 1. The molecule has 0 saturated heterocycles. The minimum absolute atomic E-state index is 0.227. The molecule has 1 amide bonds. The molecule has 1 aromatic rings. The Morgan fingerprint density at radius 1 is 1.47 bits per heavy atom. The molecule has 0 aliphatic heterocycles. The molecule has 0 aliphatic rings. The number of hydrogen-bond acceptors (Lipinski definition) is 1. The van der Waals surface area contributed by atoms with Gasteiger partial charge in [-0.15, -0.1) is 6.42 Å². The number of carbonyl (C=O) groups is 1. The highest BCUT2D eigenvalue weighted by atomic mass is 79.9. The molecule has 1 aromatic carbocycles. The second-order valence-electron chi connectivity index (χ2n) is 2.67. The fraction of sp³-hybridized carbons (Fsp3) is 0.100. The van der Waals surface area contributed by atoms with Crippen molar-refractivity contribution in [2.45, 2.75) is 6.42 Å². The third kappa shape index (κ3) is 3.03. The summed E-state index contributed by atoms with van der Waals surface area (Å²) in [5, 5.41) is 2.05. The Balaban J connectivity index is 2.96. The maximum absolute atomic E-state index is 13.2. The van der Waals surface area contributed by atoms with Crippen LogP contribution in [-0.2, 0) is 4.79 Å². The van der Waals surface area contributed by atoms with Crippen molar-refractivity contribution in [2.75, 3.05) is 5.32 Å². The molecule has 0 aromatic heterocycles. The van der Waals surface area contributed by atoms with E-state index in [1.165, 1.54) is 0 Å². The van der Waals surface area contributed by atoms with Crippen molar-refractivity contribution in [2.24, 2.45) is 0 Å². The molecule has 2 nitrogen and oxygen atoms in total. The maximum Gasteiger partial charge on any atom is 0.236 e. The van der Waals surface area contributed by atoms with Crippen molar-refractivity contribution >= 4 is 27.5 Å². The Morgan fingerprint density at radius 2 is 2.00 bits per heavy atom. The average Bonchev–Trinajstić information content (AvgIpc) is 2.11. The van der Waals surface area contributed by atoms with Crippen LogP contribution in [0.3, 0.4) is 0 Å². The van der Waals surface area contributed by atoms with E-state index in [9.17, 15) is 13.6 Å². The second kappa shape index (κ2) is 4.89. The van der Waals surface area contributed by atoms with Gasteiger partial charge in [0.2, 0.25) is 5.91 Å². The van der Waals surface area contributed by atoms with E-state index in [1.54, 1.807) is 0 Å². The van der Waals surface area contributed by atoms with Crippen LogP contribution < -0.4 is 5.32 Å². The highest BCUT2D eigenvalue weighted by Crippen LogP contribution is 2.23. The first-order valence-corrected chi connectivity index (χ1v) is 4.71. The van der Waals surface area contributed by atoms with Gasteiger partial charge < -0.3 is 5.32 Å². The zero-order valence-electron chi connectivity index (χ0n) is 7.48. The highest BCUT2D eigenvalue weighted by Gasteiger charge is 2.12. The van der Waals surface area contributed by atoms with E-state index in [0.29, 0.717) is 0 Å². The summed E-state index contributed by atoms with van der Waals surface area (Å²) in [6, 6.07) is 2.10. The van der Waals surface area contributed by atoms with Crippen LogP contribution in [-0.4, -0.2) is 5.91 Å². The van der Waals surface area contributed by atoms with Crippen LogP contribution >= 0.6 is 15.9 Å². The summed E-state index contributed by atoms with van der Waals surface area (Å²) in [5.74, 6) is -0.264. The van der Waals surface area contributed by atoms with Gasteiger partial charge in [-0.25, -0.2) is 8.78 Å². The van der Waals surface area contributed by atoms with Crippen LogP contribution in [0.2, 0.25) is 0 Å². The summed E-state index contributed by atoms with van der Waals surface area (Å²) in [6.07, 6.45) is 4.65. The molecular formula is C10H6BrF2NO. The van der Waals surface area contributed by atoms with E-state index >= 15 is 0 Å². The molecule has 0 bridgehead atoms. The van der Waals surface area contributed by atoms with Crippen LogP contribution in [0.25, 0.3) is 0 Å². The van der Waals surface area contributed by atoms with E-state index in [-0.39, 0.29) is 10.9 Å². The molecule has 5 heteroatoms. The molecule has 0 fully saturated rings. The lowest BCUT2D eigenvalue weighted by Gasteiger charge is -2.06. The molecule has 0 unspecified atom stereocenters. The first kappa shape index (κ1) is 11.7. The van der Waals surface area contributed by atoms with Crippen molar-refractivity contribution in [1.29, 1.82) is 0 Å². The topological polar surface area (TPSA) is 29.1 Å². The normalized spacial score (nSPS) is 9.47. The lowest BCUT2D eigenvalue weighted by atomic mass is 10.3. The predicted octanol–water partition coefficient (Wildman–Crippen LogP) is 2.69. The number of rotatable bonds is 2. The molecule has 1 N–H and O–H groups in total. The molecular weight excluding hydrogens is 268 g/mol. The van der Waals surface area contributed by atoms with E-state index in [0.717, 1.165) is 12.1 Å². The summed E-state index contributed by atoms with van der Waals surface area (Å²) < 4.78 is 26.6. The number of hydrogen-bond donors (Lipinski definition) is 1. The van der Waals surface area contributed by atoms with Crippen molar-refractivity contribution in [3.05, 3.63) is 28.2 Å². The molecule has 0 heterocycles. The molecule has 78 valence electrons. The van der Waals surface area contributed by atoms with Crippen molar-refractivity contribution in [3.8, 4) is 12.3 Å². The van der Waals surface area contributed by atoms with Gasteiger partial charge in [-0.2, -0.15) is 0 Å². The summed E-state index contributed by atoms with van der Waals surface area (Å²) >= 11 is 2.92. The zero-order valence-corrected chi connectivity index (χ0v) is 9.07. The Labute approximate surface area is 93.8 Å². The molecule has 0 spiro atoms.